The van der Waals surface area contributed by atoms with Crippen LogP contribution in [0.4, 0.5) is 16.3 Å². The molecule has 6 rings (SSSR count). The van der Waals surface area contributed by atoms with E-state index in [0.717, 1.165) is 65.0 Å². The molecule has 1 atom stereocenters. The SMILES string of the molecule is Cc1ccc(-n2nc(C(C)(C)C)cc2NC(=O)Nc2ccc(C3=CC(NCc4ccccn4)CCC3)c3ccccc23)cn1. The Bertz CT molecular complexity index is 1800. The summed E-state index contributed by atoms with van der Waals surface area (Å²) in [7, 11) is 0. The minimum Gasteiger partial charge on any atom is -0.307 e. The van der Waals surface area contributed by atoms with Crippen LogP contribution in [0.25, 0.3) is 22.0 Å². The largest absolute Gasteiger partial charge is 0.324 e. The monoisotopic (exact) mass is 585 g/mol. The first-order valence-electron chi connectivity index (χ1n) is 15.2. The van der Waals surface area contributed by atoms with Gasteiger partial charge >= 0.3 is 6.03 Å². The molecule has 5 aromatic rings. The first-order chi connectivity index (χ1) is 21.2. The maximum absolute atomic E-state index is 13.4. The molecular formula is C36H39N7O. The Morgan fingerprint density at radius 3 is 2.52 bits per heavy atom. The summed E-state index contributed by atoms with van der Waals surface area (Å²) in [6, 6.07) is 24.2. The molecule has 3 heterocycles. The number of hydrogen-bond acceptors (Lipinski definition) is 5. The van der Waals surface area contributed by atoms with Gasteiger partial charge in [-0.2, -0.15) is 5.10 Å². The Hall–Kier alpha value is -4.82. The summed E-state index contributed by atoms with van der Waals surface area (Å²) >= 11 is 0. The standard InChI is InChI=1S/C36H39N7O/c1-24-15-16-28(23-38-24)43-34(21-33(42-43)36(2,3)4)41-35(44)40-32-18-17-29(30-13-5-6-14-31(30)32)25-10-9-12-26(20-25)39-22-27-11-7-8-19-37-27/h5-8,11,13-21,23,26,39H,9-10,12,22H2,1-4H3,(H2,40,41,44). The van der Waals surface area contributed by atoms with E-state index in [9.17, 15) is 4.79 Å². The normalized spacial score (nSPS) is 15.2. The molecule has 0 fully saturated rings. The summed E-state index contributed by atoms with van der Waals surface area (Å²) < 4.78 is 1.74. The fraction of sp³-hybridized carbons (Fsp3) is 0.278. The van der Waals surface area contributed by atoms with Gasteiger partial charge in [0.05, 0.1) is 29.0 Å². The van der Waals surface area contributed by atoms with Crippen molar-refractivity contribution in [2.75, 3.05) is 10.6 Å². The van der Waals surface area contributed by atoms with Gasteiger partial charge in [0.1, 0.15) is 5.82 Å². The average Bonchev–Trinajstić information content (AvgIpc) is 3.45. The molecule has 2 amide bonds. The number of benzene rings is 2. The lowest BCUT2D eigenvalue weighted by molar-refractivity contribution is 0.262. The molecule has 0 saturated heterocycles. The van der Waals surface area contributed by atoms with Crippen LogP contribution in [0.3, 0.4) is 0 Å². The lowest BCUT2D eigenvalue weighted by Crippen LogP contribution is -2.29. The van der Waals surface area contributed by atoms with Crippen molar-refractivity contribution in [3.63, 3.8) is 0 Å². The third kappa shape index (κ3) is 6.55. The topological polar surface area (TPSA) is 96.8 Å². The van der Waals surface area contributed by atoms with Gasteiger partial charge < -0.3 is 10.6 Å². The van der Waals surface area contributed by atoms with E-state index in [0.29, 0.717) is 5.82 Å². The molecule has 1 aliphatic rings. The Morgan fingerprint density at radius 2 is 1.77 bits per heavy atom. The van der Waals surface area contributed by atoms with E-state index in [1.165, 1.54) is 11.1 Å². The number of anilines is 2. The molecule has 0 radical (unpaired) electrons. The highest BCUT2D eigenvalue weighted by Gasteiger charge is 2.22. The van der Waals surface area contributed by atoms with Gasteiger partial charge in [-0.15, -0.1) is 0 Å². The van der Waals surface area contributed by atoms with Gasteiger partial charge in [-0.3, -0.25) is 15.3 Å². The number of fused-ring (bicyclic) bond motifs is 1. The predicted molar refractivity (Wildman–Crippen MR) is 178 cm³/mol. The van der Waals surface area contributed by atoms with Crippen molar-refractivity contribution in [3.8, 4) is 5.69 Å². The predicted octanol–water partition coefficient (Wildman–Crippen LogP) is 7.79. The van der Waals surface area contributed by atoms with Crippen molar-refractivity contribution in [2.24, 2.45) is 0 Å². The molecule has 0 bridgehead atoms. The van der Waals surface area contributed by atoms with Crippen molar-refractivity contribution in [1.29, 1.82) is 0 Å². The van der Waals surface area contributed by atoms with Gasteiger partial charge in [-0.1, -0.05) is 63.2 Å². The summed E-state index contributed by atoms with van der Waals surface area (Å²) in [6.45, 7) is 8.99. The van der Waals surface area contributed by atoms with Crippen LogP contribution in [-0.4, -0.2) is 31.8 Å². The third-order valence-electron chi connectivity index (χ3n) is 8.01. The Kier molecular flexibility index (Phi) is 8.26. The van der Waals surface area contributed by atoms with Gasteiger partial charge in [-0.25, -0.2) is 9.48 Å². The highest BCUT2D eigenvalue weighted by Crippen LogP contribution is 2.35. The number of allylic oxidation sites excluding steroid dienone is 1. The van der Waals surface area contributed by atoms with Crippen LogP contribution in [0.5, 0.6) is 0 Å². The molecule has 3 aromatic heterocycles. The highest BCUT2D eigenvalue weighted by molar-refractivity contribution is 6.08. The van der Waals surface area contributed by atoms with Crippen LogP contribution in [0, 0.1) is 6.92 Å². The number of carbonyl (C=O) groups is 1. The van der Waals surface area contributed by atoms with Crippen molar-refractivity contribution in [3.05, 3.63) is 114 Å². The molecular weight excluding hydrogens is 546 g/mol. The number of hydrogen-bond donors (Lipinski definition) is 3. The van der Waals surface area contributed by atoms with Crippen molar-refractivity contribution < 1.29 is 4.79 Å². The second-order valence-corrected chi connectivity index (χ2v) is 12.4. The van der Waals surface area contributed by atoms with E-state index in [4.69, 9.17) is 5.10 Å². The minimum absolute atomic E-state index is 0.191. The number of aryl methyl sites for hydroxylation is 1. The quantitative estimate of drug-likeness (QED) is 0.181. The van der Waals surface area contributed by atoms with E-state index >= 15 is 0 Å². The second kappa shape index (κ2) is 12.4. The smallest absolute Gasteiger partial charge is 0.307 e. The molecule has 44 heavy (non-hydrogen) atoms. The van der Waals surface area contributed by atoms with Gasteiger partial charge in [0.2, 0.25) is 0 Å². The maximum Gasteiger partial charge on any atom is 0.324 e. The number of aromatic nitrogens is 4. The van der Waals surface area contributed by atoms with Crippen LogP contribution in [0.2, 0.25) is 0 Å². The molecule has 1 unspecified atom stereocenters. The number of amides is 2. The molecule has 224 valence electrons. The molecule has 3 N–H and O–H groups in total. The fourth-order valence-corrected chi connectivity index (χ4v) is 5.62. The van der Waals surface area contributed by atoms with Gasteiger partial charge in [0.15, 0.2) is 0 Å². The van der Waals surface area contributed by atoms with Crippen LogP contribution in [0.15, 0.2) is 91.3 Å². The van der Waals surface area contributed by atoms with Crippen molar-refractivity contribution >= 4 is 33.9 Å². The minimum atomic E-state index is -0.333. The summed E-state index contributed by atoms with van der Waals surface area (Å²) in [6.07, 6.45) is 9.20. The lowest BCUT2D eigenvalue weighted by Gasteiger charge is -2.24. The van der Waals surface area contributed by atoms with Crippen molar-refractivity contribution in [1.82, 2.24) is 25.1 Å². The summed E-state index contributed by atoms with van der Waals surface area (Å²) in [4.78, 5) is 22.3. The average molecular weight is 586 g/mol. The van der Waals surface area contributed by atoms with Crippen LogP contribution in [-0.2, 0) is 12.0 Å². The first-order valence-corrected chi connectivity index (χ1v) is 15.2. The Balaban J connectivity index is 1.24. The molecule has 0 aliphatic heterocycles. The first kappa shape index (κ1) is 29.3. The summed E-state index contributed by atoms with van der Waals surface area (Å²) in [5, 5.41) is 16.7. The zero-order valence-corrected chi connectivity index (χ0v) is 25.8. The van der Waals surface area contributed by atoms with E-state index in [1.54, 1.807) is 10.9 Å². The zero-order valence-electron chi connectivity index (χ0n) is 25.8. The maximum atomic E-state index is 13.4. The highest BCUT2D eigenvalue weighted by atomic mass is 16.2. The number of urea groups is 1. The molecule has 2 aromatic carbocycles. The molecule has 8 nitrogen and oxygen atoms in total. The van der Waals surface area contributed by atoms with Gasteiger partial charge in [-0.05, 0) is 73.0 Å². The zero-order chi connectivity index (χ0) is 30.7. The van der Waals surface area contributed by atoms with Crippen LogP contribution >= 0.6 is 0 Å². The van der Waals surface area contributed by atoms with Crippen molar-refractivity contribution in [2.45, 2.75) is 65.0 Å². The Morgan fingerprint density at radius 1 is 0.955 bits per heavy atom. The van der Waals surface area contributed by atoms with Gasteiger partial charge in [0.25, 0.3) is 0 Å². The second-order valence-electron chi connectivity index (χ2n) is 12.4. The molecule has 0 saturated carbocycles. The fourth-order valence-electron chi connectivity index (χ4n) is 5.62. The van der Waals surface area contributed by atoms with Crippen LogP contribution in [0.1, 0.15) is 62.7 Å². The van der Waals surface area contributed by atoms with Gasteiger partial charge in [0, 0.05) is 41.3 Å². The van der Waals surface area contributed by atoms with E-state index in [-0.39, 0.29) is 17.5 Å². The molecule has 0 spiro atoms. The third-order valence-corrected chi connectivity index (χ3v) is 8.01. The lowest BCUT2D eigenvalue weighted by atomic mass is 9.88. The number of carbonyl (C=O) groups excluding carboxylic acids is 1. The Labute approximate surface area is 258 Å². The number of rotatable bonds is 7. The molecule has 8 heteroatoms. The van der Waals surface area contributed by atoms with Crippen LogP contribution < -0.4 is 16.0 Å². The number of pyridine rings is 2. The van der Waals surface area contributed by atoms with E-state index in [1.807, 2.05) is 61.7 Å². The van der Waals surface area contributed by atoms with E-state index < -0.39 is 0 Å². The summed E-state index contributed by atoms with van der Waals surface area (Å²) in [5.41, 5.74) is 6.70. The molecule has 1 aliphatic carbocycles. The number of nitrogens with one attached hydrogen (secondary N) is 3. The van der Waals surface area contributed by atoms with E-state index in [2.05, 4.69) is 77.0 Å². The number of nitrogens with zero attached hydrogens (tertiary/aromatic N) is 4. The summed E-state index contributed by atoms with van der Waals surface area (Å²) in [5.74, 6) is 0.579.